The Hall–Kier alpha value is -3.04. The molecule has 0 aromatic carbocycles. The molecule has 3 fully saturated rings. The van der Waals surface area contributed by atoms with Gasteiger partial charge in [-0.05, 0) is 40.4 Å². The van der Waals surface area contributed by atoms with E-state index in [0.717, 1.165) is 23.6 Å². The third-order valence-electron chi connectivity index (χ3n) is 10.9. The van der Waals surface area contributed by atoms with Gasteiger partial charge in [-0.1, -0.05) is 80.7 Å². The highest BCUT2D eigenvalue weighted by atomic mass is 32.2. The van der Waals surface area contributed by atoms with Crippen LogP contribution in [0.5, 0.6) is 0 Å². The molecule has 4 N–H and O–H groups in total. The number of urea groups is 1. The normalized spacial score (nSPS) is 23.6. The quantitative estimate of drug-likeness (QED) is 0.147. The van der Waals surface area contributed by atoms with E-state index in [1.807, 2.05) is 41.5 Å². The molecule has 0 bridgehead atoms. The molecule has 3 aliphatic rings. The zero-order valence-corrected chi connectivity index (χ0v) is 32.7. The van der Waals surface area contributed by atoms with Gasteiger partial charge in [-0.15, -0.1) is 6.58 Å². The van der Waals surface area contributed by atoms with Crippen LogP contribution in [0.4, 0.5) is 4.79 Å². The van der Waals surface area contributed by atoms with Crippen LogP contribution >= 0.6 is 0 Å². The monoisotopic (exact) mass is 723 g/mol. The zero-order chi connectivity index (χ0) is 38.1. The molecule has 0 radical (unpaired) electrons. The predicted octanol–water partition coefficient (Wildman–Crippen LogP) is 1.88. The van der Waals surface area contributed by atoms with E-state index in [4.69, 9.17) is 0 Å². The lowest BCUT2D eigenvalue weighted by molar-refractivity contribution is -0.145. The van der Waals surface area contributed by atoms with Gasteiger partial charge in [-0.2, -0.15) is 17.0 Å². The number of fused-ring (bicyclic) bond motifs is 1. The molecular formula is C35H61N7O7S. The van der Waals surface area contributed by atoms with Crippen molar-refractivity contribution in [1.29, 1.82) is 0 Å². The number of ketones is 1. The summed E-state index contributed by atoms with van der Waals surface area (Å²) in [5, 5.41) is 11.1. The number of amides is 5. The van der Waals surface area contributed by atoms with Gasteiger partial charge in [0.15, 0.2) is 0 Å². The van der Waals surface area contributed by atoms with Crippen LogP contribution in [0.3, 0.4) is 0 Å². The first-order valence-electron chi connectivity index (χ1n) is 17.6. The summed E-state index contributed by atoms with van der Waals surface area (Å²) in [5.74, 6) is -2.32. The van der Waals surface area contributed by atoms with Crippen molar-refractivity contribution in [3.8, 4) is 0 Å². The second-order valence-electron chi connectivity index (χ2n) is 17.3. The molecule has 2 aliphatic carbocycles. The Morgan fingerprint density at radius 3 is 2.04 bits per heavy atom. The molecule has 1 heterocycles. The molecule has 1 aliphatic heterocycles. The van der Waals surface area contributed by atoms with Gasteiger partial charge in [0.1, 0.15) is 12.1 Å². The number of Topliss-reactive ketones (excluding diaryl/α,β-unsaturated/α-hetero) is 1. The summed E-state index contributed by atoms with van der Waals surface area (Å²) in [5.41, 5.74) is -1.53. The molecule has 284 valence electrons. The van der Waals surface area contributed by atoms with Crippen LogP contribution in [-0.4, -0.2) is 116 Å². The first-order chi connectivity index (χ1) is 22.8. The molecule has 2 unspecified atom stereocenters. The van der Waals surface area contributed by atoms with Crippen LogP contribution in [0, 0.1) is 34.0 Å². The number of hydrogen-bond donors (Lipinski definition) is 4. The molecule has 1 saturated heterocycles. The molecule has 50 heavy (non-hydrogen) atoms. The lowest BCUT2D eigenvalue weighted by Crippen LogP contribution is -2.63. The Bertz CT molecular complexity index is 1430. The highest BCUT2D eigenvalue weighted by Crippen LogP contribution is 2.65. The number of piperidine rings is 1. The van der Waals surface area contributed by atoms with E-state index in [0.29, 0.717) is 13.0 Å². The van der Waals surface area contributed by atoms with Crippen LogP contribution in [0.1, 0.15) is 81.1 Å². The Morgan fingerprint density at radius 2 is 1.56 bits per heavy atom. The number of likely N-dealkylation sites (N-methyl/N-ethyl adjacent to an activating group) is 1. The summed E-state index contributed by atoms with van der Waals surface area (Å²) in [6, 6.07) is -4.22. The molecule has 15 heteroatoms. The summed E-state index contributed by atoms with van der Waals surface area (Å²) in [6.45, 7) is 19.2. The van der Waals surface area contributed by atoms with Crippen LogP contribution in [0.2, 0.25) is 0 Å². The van der Waals surface area contributed by atoms with Crippen molar-refractivity contribution < 1.29 is 32.4 Å². The van der Waals surface area contributed by atoms with Crippen molar-refractivity contribution in [3.63, 3.8) is 0 Å². The van der Waals surface area contributed by atoms with Crippen molar-refractivity contribution in [2.24, 2.45) is 34.0 Å². The highest BCUT2D eigenvalue weighted by molar-refractivity contribution is 7.86. The van der Waals surface area contributed by atoms with Gasteiger partial charge in [-0.25, -0.2) is 4.79 Å². The van der Waals surface area contributed by atoms with E-state index >= 15 is 0 Å². The lowest BCUT2D eigenvalue weighted by Gasteiger charge is -2.39. The molecule has 14 nitrogen and oxygen atoms in total. The fraction of sp³-hybridized carbons (Fsp3) is 0.800. The molecular weight excluding hydrogens is 662 g/mol. The Labute approximate surface area is 299 Å². The average molecular weight is 724 g/mol. The second kappa shape index (κ2) is 15.3. The van der Waals surface area contributed by atoms with Crippen LogP contribution < -0.4 is 21.3 Å². The minimum atomic E-state index is -3.74. The molecule has 0 aromatic rings. The van der Waals surface area contributed by atoms with Crippen LogP contribution in [0.25, 0.3) is 0 Å². The topological polar surface area (TPSA) is 177 Å². The van der Waals surface area contributed by atoms with Crippen molar-refractivity contribution in [2.75, 3.05) is 40.8 Å². The number of likely N-dealkylation sites (tertiary alicyclic amines) is 1. The molecule has 5 amide bonds. The van der Waals surface area contributed by atoms with Gasteiger partial charge in [0.2, 0.25) is 17.6 Å². The number of carbonyl (C=O) groups excluding carboxylic acids is 5. The third-order valence-corrected chi connectivity index (χ3v) is 12.7. The minimum Gasteiger partial charge on any atom is -0.346 e. The van der Waals surface area contributed by atoms with Crippen molar-refractivity contribution in [3.05, 3.63) is 12.7 Å². The Balaban J connectivity index is 1.84. The lowest BCUT2D eigenvalue weighted by atomic mass is 9.80. The summed E-state index contributed by atoms with van der Waals surface area (Å²) >= 11 is 0. The maximum atomic E-state index is 14.4. The average Bonchev–Trinajstić information content (AvgIpc) is 3.29. The summed E-state index contributed by atoms with van der Waals surface area (Å²) < 4.78 is 27.7. The van der Waals surface area contributed by atoms with E-state index < -0.39 is 74.7 Å². The van der Waals surface area contributed by atoms with Gasteiger partial charge in [0.25, 0.3) is 16.1 Å². The van der Waals surface area contributed by atoms with E-state index in [9.17, 15) is 32.4 Å². The maximum absolute atomic E-state index is 14.4. The standard InChI is InChI=1S/C35H61N7O7S/c1-13-17-36-30(45)27(43)23(18-21-15-14-16-21)37-29(44)26-25-22(35(25,8)9)19-42(26)31(46)28(34(5,6)7)39-32(47)38-24(33(2,3)4)20-41(12)50(48,49)40(10)11/h13,21-26,28H,1,14-20H2,2-12H3,(H,36,45)(H,37,44)(H2,38,39,47)/t22-,23?,24+,25-,26?,28+/m0/s1. The largest absolute Gasteiger partial charge is 0.346 e. The number of nitrogens with one attached hydrogen (secondary N) is 4. The van der Waals surface area contributed by atoms with Crippen molar-refractivity contribution >= 4 is 39.7 Å². The first-order valence-corrected chi connectivity index (χ1v) is 19.0. The SMILES string of the molecule is C=CCNC(=O)C(=O)C(CC1CCC1)NC(=O)C1[C@@H]2[C@H](CN1C(=O)[C@@H](NC(=O)N[C@H](CN(C)S(=O)(=O)N(C)C)C(C)(C)C)C(C)(C)C)C2(C)C. The second-order valence-corrected chi connectivity index (χ2v) is 19.5. The first kappa shape index (κ1) is 41.4. The molecule has 2 saturated carbocycles. The Kier molecular flexibility index (Phi) is 12.7. The van der Waals surface area contributed by atoms with E-state index in [1.165, 1.54) is 36.4 Å². The van der Waals surface area contributed by atoms with E-state index in [-0.39, 0.29) is 36.3 Å². The summed E-state index contributed by atoms with van der Waals surface area (Å²) in [4.78, 5) is 69.6. The van der Waals surface area contributed by atoms with E-state index in [2.05, 4.69) is 41.7 Å². The number of nitrogens with zero attached hydrogens (tertiary/aromatic N) is 3. The number of rotatable bonds is 15. The van der Waals surface area contributed by atoms with Gasteiger partial charge >= 0.3 is 6.03 Å². The van der Waals surface area contributed by atoms with Gasteiger partial charge in [0, 0.05) is 46.8 Å². The van der Waals surface area contributed by atoms with Gasteiger partial charge in [0.05, 0.1) is 6.04 Å². The van der Waals surface area contributed by atoms with Crippen LogP contribution in [0.15, 0.2) is 12.7 Å². The van der Waals surface area contributed by atoms with Gasteiger partial charge < -0.3 is 26.2 Å². The highest BCUT2D eigenvalue weighted by Gasteiger charge is 2.70. The summed E-state index contributed by atoms with van der Waals surface area (Å²) in [7, 11) is 0.565. The molecule has 0 spiro atoms. The van der Waals surface area contributed by atoms with E-state index in [1.54, 1.807) is 0 Å². The summed E-state index contributed by atoms with van der Waals surface area (Å²) in [6.07, 6.45) is 4.68. The fourth-order valence-electron chi connectivity index (χ4n) is 7.09. The third kappa shape index (κ3) is 9.24. The van der Waals surface area contributed by atoms with Gasteiger partial charge in [-0.3, -0.25) is 19.2 Å². The molecule has 3 rings (SSSR count). The predicted molar refractivity (Wildman–Crippen MR) is 192 cm³/mol. The van der Waals surface area contributed by atoms with Crippen molar-refractivity contribution in [1.82, 2.24) is 34.8 Å². The maximum Gasteiger partial charge on any atom is 0.315 e. The minimum absolute atomic E-state index is 0.00919. The molecule has 0 aromatic heterocycles. The van der Waals surface area contributed by atoms with Crippen LogP contribution in [-0.2, 0) is 29.4 Å². The number of carbonyl (C=O) groups is 5. The van der Waals surface area contributed by atoms with Crippen molar-refractivity contribution in [2.45, 2.75) is 105 Å². The Morgan fingerprint density at radius 1 is 0.960 bits per heavy atom. The smallest absolute Gasteiger partial charge is 0.315 e. The fourth-order valence-corrected chi connectivity index (χ4v) is 7.98. The molecule has 6 atom stereocenters. The number of hydrogen-bond acceptors (Lipinski definition) is 7. The zero-order valence-electron chi connectivity index (χ0n) is 31.9.